The predicted octanol–water partition coefficient (Wildman–Crippen LogP) is 1.16. The van der Waals surface area contributed by atoms with E-state index >= 15 is 0 Å². The average molecular weight is 249 g/mol. The molecule has 1 saturated heterocycles. The van der Waals surface area contributed by atoms with Gasteiger partial charge in [0.2, 0.25) is 0 Å². The van der Waals surface area contributed by atoms with Crippen LogP contribution < -0.4 is 5.32 Å². The number of piperidine rings is 1. The zero-order valence-corrected chi connectivity index (χ0v) is 9.80. The lowest BCUT2D eigenvalue weighted by molar-refractivity contribution is -0.143. The van der Waals surface area contributed by atoms with Gasteiger partial charge in [-0.3, -0.25) is 4.79 Å². The predicted molar refractivity (Wildman–Crippen MR) is 64.8 cm³/mol. The Labute approximate surface area is 104 Å². The van der Waals surface area contributed by atoms with E-state index in [1.807, 2.05) is 0 Å². The fraction of sp³-hybridized carbons (Fsp3) is 0.385. The fourth-order valence-electron chi connectivity index (χ4n) is 2.38. The highest BCUT2D eigenvalue weighted by Gasteiger charge is 2.31. The number of hydrogen-bond acceptors (Lipinski definition) is 3. The third-order valence-electron chi connectivity index (χ3n) is 3.39. The highest BCUT2D eigenvalue weighted by Crippen LogP contribution is 2.29. The van der Waals surface area contributed by atoms with E-state index in [0.29, 0.717) is 19.5 Å². The first-order chi connectivity index (χ1) is 8.59. The minimum absolute atomic E-state index is 0.0981. The second-order valence-electron chi connectivity index (χ2n) is 4.47. The molecule has 0 aliphatic carbocycles. The van der Waals surface area contributed by atoms with Gasteiger partial charge in [0.15, 0.2) is 0 Å². The summed E-state index contributed by atoms with van der Waals surface area (Å²) in [4.78, 5) is 21.9. The molecular formula is C13H15NO4. The molecule has 96 valence electrons. The van der Waals surface area contributed by atoms with Gasteiger partial charge in [-0.15, -0.1) is 0 Å². The number of carbonyl (C=O) groups is 2. The zero-order chi connectivity index (χ0) is 13.1. The number of aliphatic carboxylic acids is 1. The van der Waals surface area contributed by atoms with Crippen molar-refractivity contribution in [3.05, 3.63) is 35.4 Å². The molecule has 3 N–H and O–H groups in total. The van der Waals surface area contributed by atoms with Crippen molar-refractivity contribution < 1.29 is 19.8 Å². The van der Waals surface area contributed by atoms with E-state index in [9.17, 15) is 14.7 Å². The van der Waals surface area contributed by atoms with Gasteiger partial charge in [-0.2, -0.15) is 0 Å². The third-order valence-corrected chi connectivity index (χ3v) is 3.39. The summed E-state index contributed by atoms with van der Waals surface area (Å²) in [7, 11) is 0. The monoisotopic (exact) mass is 249 g/mol. The van der Waals surface area contributed by atoms with E-state index in [1.54, 1.807) is 12.1 Å². The van der Waals surface area contributed by atoms with E-state index < -0.39 is 17.9 Å². The molecule has 18 heavy (non-hydrogen) atoms. The third kappa shape index (κ3) is 2.51. The topological polar surface area (TPSA) is 86.6 Å². The van der Waals surface area contributed by atoms with Crippen LogP contribution in [0.15, 0.2) is 24.3 Å². The summed E-state index contributed by atoms with van der Waals surface area (Å²) in [6.45, 7) is 1.32. The van der Waals surface area contributed by atoms with Crippen molar-refractivity contribution in [3.63, 3.8) is 0 Å². The highest BCUT2D eigenvalue weighted by atomic mass is 16.4. The average Bonchev–Trinajstić information content (AvgIpc) is 2.39. The molecule has 1 aliphatic rings. The molecule has 0 radical (unpaired) electrons. The van der Waals surface area contributed by atoms with Crippen molar-refractivity contribution in [1.82, 2.24) is 5.32 Å². The lowest BCUT2D eigenvalue weighted by Gasteiger charge is -2.29. The largest absolute Gasteiger partial charge is 0.481 e. The van der Waals surface area contributed by atoms with Gasteiger partial charge in [-0.25, -0.2) is 4.79 Å². The summed E-state index contributed by atoms with van der Waals surface area (Å²) < 4.78 is 0. The normalized spacial score (nSPS) is 23.6. The smallest absolute Gasteiger partial charge is 0.335 e. The number of carboxylic acids is 2. The van der Waals surface area contributed by atoms with Crippen LogP contribution in [0, 0.1) is 5.92 Å². The van der Waals surface area contributed by atoms with Crippen molar-refractivity contribution in [2.24, 2.45) is 5.92 Å². The number of nitrogens with one attached hydrogen (secondary N) is 1. The van der Waals surface area contributed by atoms with E-state index in [4.69, 9.17) is 5.11 Å². The van der Waals surface area contributed by atoms with Crippen LogP contribution in [-0.4, -0.2) is 35.2 Å². The maximum atomic E-state index is 11.2. The van der Waals surface area contributed by atoms with Gasteiger partial charge in [-0.1, -0.05) is 12.1 Å². The number of rotatable bonds is 3. The molecule has 0 aromatic heterocycles. The Morgan fingerprint density at radius 1 is 1.17 bits per heavy atom. The Bertz CT molecular complexity index is 455. The maximum Gasteiger partial charge on any atom is 0.335 e. The molecular weight excluding hydrogens is 234 g/mol. The van der Waals surface area contributed by atoms with Gasteiger partial charge in [0.05, 0.1) is 11.5 Å². The number of carboxylic acid groups (broad SMARTS) is 2. The molecule has 5 nitrogen and oxygen atoms in total. The Morgan fingerprint density at radius 3 is 2.39 bits per heavy atom. The summed E-state index contributed by atoms with van der Waals surface area (Å²) >= 11 is 0. The van der Waals surface area contributed by atoms with Crippen molar-refractivity contribution in [2.45, 2.75) is 12.3 Å². The minimum atomic E-state index is -0.974. The Morgan fingerprint density at radius 2 is 1.83 bits per heavy atom. The highest BCUT2D eigenvalue weighted by molar-refractivity contribution is 5.87. The van der Waals surface area contributed by atoms with E-state index in [1.165, 1.54) is 12.1 Å². The van der Waals surface area contributed by atoms with Gasteiger partial charge in [0.25, 0.3) is 0 Å². The van der Waals surface area contributed by atoms with Gasteiger partial charge in [-0.05, 0) is 30.7 Å². The van der Waals surface area contributed by atoms with E-state index in [0.717, 1.165) is 5.56 Å². The van der Waals surface area contributed by atoms with Crippen LogP contribution >= 0.6 is 0 Å². The van der Waals surface area contributed by atoms with Crippen LogP contribution in [0.2, 0.25) is 0 Å². The lowest BCUT2D eigenvalue weighted by Crippen LogP contribution is -2.38. The molecule has 0 saturated carbocycles. The Kier molecular flexibility index (Phi) is 3.62. The maximum absolute atomic E-state index is 11.2. The molecule has 2 atom stereocenters. The first kappa shape index (κ1) is 12.6. The number of benzene rings is 1. The Balaban J connectivity index is 2.23. The molecule has 1 aromatic rings. The lowest BCUT2D eigenvalue weighted by atomic mass is 9.81. The van der Waals surface area contributed by atoms with Gasteiger partial charge in [0, 0.05) is 12.5 Å². The molecule has 5 heteroatoms. The molecule has 0 spiro atoms. The van der Waals surface area contributed by atoms with Crippen molar-refractivity contribution in [3.8, 4) is 0 Å². The van der Waals surface area contributed by atoms with Crippen molar-refractivity contribution in [2.75, 3.05) is 13.1 Å². The van der Waals surface area contributed by atoms with Crippen molar-refractivity contribution >= 4 is 11.9 Å². The first-order valence-corrected chi connectivity index (χ1v) is 5.86. The van der Waals surface area contributed by atoms with Gasteiger partial charge in [0.1, 0.15) is 0 Å². The molecule has 2 rings (SSSR count). The molecule has 1 fully saturated rings. The fourth-order valence-corrected chi connectivity index (χ4v) is 2.38. The molecule has 1 aromatic carbocycles. The molecule has 1 aliphatic heterocycles. The van der Waals surface area contributed by atoms with Gasteiger partial charge < -0.3 is 15.5 Å². The molecule has 1 heterocycles. The molecule has 2 unspecified atom stereocenters. The summed E-state index contributed by atoms with van der Waals surface area (Å²) in [5.74, 6) is -2.26. The summed E-state index contributed by atoms with van der Waals surface area (Å²) in [5, 5.41) is 21.2. The van der Waals surface area contributed by atoms with Crippen LogP contribution in [0.5, 0.6) is 0 Å². The van der Waals surface area contributed by atoms with Crippen LogP contribution in [0.4, 0.5) is 0 Å². The number of hydrogen-bond donors (Lipinski definition) is 3. The van der Waals surface area contributed by atoms with Crippen LogP contribution in [0.25, 0.3) is 0 Å². The van der Waals surface area contributed by atoms with Crippen LogP contribution in [0.1, 0.15) is 28.3 Å². The number of aromatic carboxylic acids is 1. The SMILES string of the molecule is O=C(O)c1ccc(C2CNCCC2C(=O)O)cc1. The van der Waals surface area contributed by atoms with Crippen LogP contribution in [-0.2, 0) is 4.79 Å². The minimum Gasteiger partial charge on any atom is -0.481 e. The molecule has 0 amide bonds. The Hall–Kier alpha value is -1.88. The summed E-state index contributed by atoms with van der Waals surface area (Å²) in [6, 6.07) is 6.45. The van der Waals surface area contributed by atoms with E-state index in [2.05, 4.69) is 5.32 Å². The first-order valence-electron chi connectivity index (χ1n) is 5.86. The van der Waals surface area contributed by atoms with Crippen molar-refractivity contribution in [1.29, 1.82) is 0 Å². The zero-order valence-electron chi connectivity index (χ0n) is 9.80. The summed E-state index contributed by atoms with van der Waals surface area (Å²) in [5.41, 5.74) is 1.09. The molecule has 0 bridgehead atoms. The van der Waals surface area contributed by atoms with Crippen LogP contribution in [0.3, 0.4) is 0 Å². The standard InChI is InChI=1S/C13H15NO4/c15-12(16)9-3-1-8(2-4-9)11-7-14-6-5-10(11)13(17)18/h1-4,10-11,14H,5-7H2,(H,15,16)(H,17,18). The summed E-state index contributed by atoms with van der Waals surface area (Å²) in [6.07, 6.45) is 0.598. The van der Waals surface area contributed by atoms with E-state index in [-0.39, 0.29) is 11.5 Å². The van der Waals surface area contributed by atoms with Gasteiger partial charge >= 0.3 is 11.9 Å². The second-order valence-corrected chi connectivity index (χ2v) is 4.47. The second kappa shape index (κ2) is 5.18. The quantitative estimate of drug-likeness (QED) is 0.748.